The van der Waals surface area contributed by atoms with Gasteiger partial charge in [-0.2, -0.15) is 0 Å². The average Bonchev–Trinajstić information content (AvgIpc) is 2.68. The maximum atomic E-state index is 13.2. The molecule has 6 nitrogen and oxygen atoms in total. The second-order valence-corrected chi connectivity index (χ2v) is 7.78. The van der Waals surface area contributed by atoms with E-state index in [-0.39, 0.29) is 34.7 Å². The lowest BCUT2D eigenvalue weighted by Gasteiger charge is -2.39. The normalized spacial score (nSPS) is 19.4. The fourth-order valence-corrected chi connectivity index (χ4v) is 4.57. The third kappa shape index (κ3) is 3.34. The third-order valence-corrected chi connectivity index (χ3v) is 5.92. The monoisotopic (exact) mass is 410 g/mol. The van der Waals surface area contributed by atoms with Crippen LogP contribution in [0.25, 0.3) is 0 Å². The molecule has 29 heavy (non-hydrogen) atoms. The summed E-state index contributed by atoms with van der Waals surface area (Å²) in [5.74, 6) is -0.392. The van der Waals surface area contributed by atoms with Crippen molar-refractivity contribution in [1.82, 2.24) is 0 Å². The molecule has 0 saturated carbocycles. The predicted molar refractivity (Wildman–Crippen MR) is 110 cm³/mol. The minimum absolute atomic E-state index is 0.0510. The average molecular weight is 411 g/mol. The molecule has 1 atom stereocenters. The van der Waals surface area contributed by atoms with Crippen molar-refractivity contribution in [2.24, 2.45) is 0 Å². The summed E-state index contributed by atoms with van der Waals surface area (Å²) in [6.07, 6.45) is 1.86. The number of anilines is 1. The lowest BCUT2D eigenvalue weighted by atomic mass is 9.76. The van der Waals surface area contributed by atoms with E-state index in [1.807, 2.05) is 31.2 Å². The van der Waals surface area contributed by atoms with Crippen LogP contribution in [0.15, 0.2) is 53.7 Å². The van der Waals surface area contributed by atoms with Gasteiger partial charge < -0.3 is 0 Å². The minimum atomic E-state index is -0.531. The van der Waals surface area contributed by atoms with Crippen molar-refractivity contribution in [3.05, 3.63) is 80.0 Å². The van der Waals surface area contributed by atoms with Crippen molar-refractivity contribution >= 4 is 34.7 Å². The van der Waals surface area contributed by atoms with Gasteiger partial charge in [0.1, 0.15) is 0 Å². The Bertz CT molecular complexity index is 1080. The first kappa shape index (κ1) is 19.3. The number of nitro groups is 1. The quantitative estimate of drug-likeness (QED) is 0.521. The number of carbonyl (C=O) groups excluding carboxylic acids is 2. The van der Waals surface area contributed by atoms with Gasteiger partial charge in [0.25, 0.3) is 5.69 Å². The molecule has 7 heteroatoms. The van der Waals surface area contributed by atoms with Gasteiger partial charge in [-0.3, -0.25) is 24.6 Å². The molecule has 4 rings (SSSR count). The van der Waals surface area contributed by atoms with E-state index >= 15 is 0 Å². The number of aryl methyl sites for hydroxylation is 1. The van der Waals surface area contributed by atoms with Crippen LogP contribution < -0.4 is 4.90 Å². The van der Waals surface area contributed by atoms with E-state index < -0.39 is 4.92 Å². The number of non-ortho nitro benzene ring substituents is 1. The second kappa shape index (κ2) is 7.44. The Hall–Kier alpha value is -2.99. The first-order valence-electron chi connectivity index (χ1n) is 9.47. The molecular weight excluding hydrogens is 392 g/mol. The van der Waals surface area contributed by atoms with E-state index in [0.29, 0.717) is 36.2 Å². The van der Waals surface area contributed by atoms with Crippen molar-refractivity contribution < 1.29 is 14.5 Å². The number of nitro benzene ring substituents is 1. The number of carbonyl (C=O) groups is 2. The predicted octanol–water partition coefficient (Wildman–Crippen LogP) is 5.08. The minimum Gasteiger partial charge on any atom is -0.294 e. The number of halogens is 1. The molecule has 0 radical (unpaired) electrons. The van der Waals surface area contributed by atoms with Gasteiger partial charge in [0.2, 0.25) is 5.91 Å². The van der Waals surface area contributed by atoms with Crippen molar-refractivity contribution in [3.63, 3.8) is 0 Å². The fraction of sp³-hybridized carbons (Fsp3) is 0.273. The Labute approximate surface area is 172 Å². The van der Waals surface area contributed by atoms with E-state index in [2.05, 4.69) is 0 Å². The van der Waals surface area contributed by atoms with Crippen molar-refractivity contribution in [2.75, 3.05) is 4.90 Å². The van der Waals surface area contributed by atoms with Crippen LogP contribution in [0.3, 0.4) is 0 Å². The van der Waals surface area contributed by atoms with Gasteiger partial charge in [-0.25, -0.2) is 0 Å². The number of hydrogen-bond donors (Lipinski definition) is 0. The van der Waals surface area contributed by atoms with E-state index in [1.54, 1.807) is 0 Å². The Morgan fingerprint density at radius 3 is 2.59 bits per heavy atom. The summed E-state index contributed by atoms with van der Waals surface area (Å²) < 4.78 is 0. The molecule has 1 aliphatic carbocycles. The molecule has 1 amide bonds. The summed E-state index contributed by atoms with van der Waals surface area (Å²) in [5, 5.41) is 11.1. The van der Waals surface area contributed by atoms with Crippen LogP contribution in [0.1, 0.15) is 42.7 Å². The molecule has 1 heterocycles. The molecule has 1 unspecified atom stereocenters. The van der Waals surface area contributed by atoms with Gasteiger partial charge in [0, 0.05) is 42.2 Å². The maximum Gasteiger partial charge on any atom is 0.271 e. The summed E-state index contributed by atoms with van der Waals surface area (Å²) in [6, 6.07) is 11.8. The molecule has 0 aromatic heterocycles. The molecule has 1 aliphatic heterocycles. The van der Waals surface area contributed by atoms with Crippen LogP contribution in [-0.2, 0) is 9.59 Å². The smallest absolute Gasteiger partial charge is 0.271 e. The first-order chi connectivity index (χ1) is 13.9. The van der Waals surface area contributed by atoms with E-state index in [1.165, 1.54) is 23.1 Å². The highest BCUT2D eigenvalue weighted by Gasteiger charge is 2.40. The van der Waals surface area contributed by atoms with Gasteiger partial charge in [0.15, 0.2) is 5.78 Å². The van der Waals surface area contributed by atoms with Crippen molar-refractivity contribution in [3.8, 4) is 0 Å². The number of amides is 1. The number of ketones is 1. The molecule has 0 fully saturated rings. The molecule has 0 spiro atoms. The van der Waals surface area contributed by atoms with E-state index in [9.17, 15) is 19.7 Å². The Morgan fingerprint density at radius 2 is 1.90 bits per heavy atom. The molecule has 2 aromatic carbocycles. The summed E-state index contributed by atoms with van der Waals surface area (Å²) in [5.41, 5.74) is 3.60. The van der Waals surface area contributed by atoms with Crippen LogP contribution in [0, 0.1) is 17.0 Å². The van der Waals surface area contributed by atoms with Crippen LogP contribution in [0.4, 0.5) is 11.4 Å². The van der Waals surface area contributed by atoms with Crippen LogP contribution in [0.5, 0.6) is 0 Å². The zero-order valence-electron chi connectivity index (χ0n) is 15.9. The van der Waals surface area contributed by atoms with Crippen molar-refractivity contribution in [2.45, 2.75) is 38.5 Å². The number of allylic oxidation sites excluding steroid dienone is 2. The summed E-state index contributed by atoms with van der Waals surface area (Å²) >= 11 is 6.31. The molecule has 2 aromatic rings. The van der Waals surface area contributed by atoms with E-state index in [4.69, 9.17) is 11.6 Å². The highest BCUT2D eigenvalue weighted by atomic mass is 35.5. The number of benzene rings is 2. The molecule has 2 aliphatic rings. The largest absolute Gasteiger partial charge is 0.294 e. The summed E-state index contributed by atoms with van der Waals surface area (Å²) in [6.45, 7) is 1.98. The number of rotatable bonds is 3. The van der Waals surface area contributed by atoms with Gasteiger partial charge in [-0.1, -0.05) is 35.9 Å². The van der Waals surface area contributed by atoms with Gasteiger partial charge in [0.05, 0.1) is 15.6 Å². The zero-order chi connectivity index (χ0) is 20.7. The number of Topliss-reactive ketones (excluding diaryl/α,β-unsaturated/α-hetero) is 1. The third-order valence-electron chi connectivity index (χ3n) is 5.62. The Balaban J connectivity index is 1.87. The standard InChI is InChI=1S/C22H19ClN2O4/c1-13-5-2-3-6-15(13)16-12-21(27)24(19-7-4-8-20(26)22(16)19)18-10-9-14(25(28)29)11-17(18)23/h2-3,5-6,9-11,16H,4,7-8,12H2,1H3. The Kier molecular flexibility index (Phi) is 4.96. The van der Waals surface area contributed by atoms with Gasteiger partial charge >= 0.3 is 0 Å². The lowest BCUT2D eigenvalue weighted by Crippen LogP contribution is -2.40. The Morgan fingerprint density at radius 1 is 1.14 bits per heavy atom. The lowest BCUT2D eigenvalue weighted by molar-refractivity contribution is -0.384. The highest BCUT2D eigenvalue weighted by Crippen LogP contribution is 2.45. The van der Waals surface area contributed by atoms with Crippen LogP contribution in [0.2, 0.25) is 5.02 Å². The summed E-state index contributed by atoms with van der Waals surface area (Å²) in [4.78, 5) is 38.1. The SMILES string of the molecule is Cc1ccccc1C1CC(=O)N(c2ccc([N+](=O)[O-])cc2Cl)C2=C1C(=O)CCC2. The summed E-state index contributed by atoms with van der Waals surface area (Å²) in [7, 11) is 0. The van der Waals surface area contributed by atoms with Crippen molar-refractivity contribution in [1.29, 1.82) is 0 Å². The second-order valence-electron chi connectivity index (χ2n) is 7.37. The maximum absolute atomic E-state index is 13.2. The van der Waals surface area contributed by atoms with E-state index in [0.717, 1.165) is 11.1 Å². The first-order valence-corrected chi connectivity index (χ1v) is 9.85. The zero-order valence-corrected chi connectivity index (χ0v) is 16.6. The molecule has 0 N–H and O–H groups in total. The van der Waals surface area contributed by atoms with Crippen LogP contribution in [-0.4, -0.2) is 16.6 Å². The number of hydrogen-bond acceptors (Lipinski definition) is 4. The highest BCUT2D eigenvalue weighted by molar-refractivity contribution is 6.34. The molecular formula is C22H19ClN2O4. The fourth-order valence-electron chi connectivity index (χ4n) is 4.31. The van der Waals surface area contributed by atoms with Crippen LogP contribution >= 0.6 is 11.6 Å². The number of nitrogens with zero attached hydrogens (tertiary/aromatic N) is 2. The van der Waals surface area contributed by atoms with Gasteiger partial charge in [-0.05, 0) is 37.0 Å². The molecule has 148 valence electrons. The van der Waals surface area contributed by atoms with Gasteiger partial charge in [-0.15, -0.1) is 0 Å². The molecule has 0 bridgehead atoms. The molecule has 0 saturated heterocycles. The topological polar surface area (TPSA) is 80.5 Å².